The summed E-state index contributed by atoms with van der Waals surface area (Å²) in [6.07, 6.45) is 5.26. The highest BCUT2D eigenvalue weighted by molar-refractivity contribution is 4.86. The average Bonchev–Trinajstić information content (AvgIpc) is 2.59. The van der Waals surface area contributed by atoms with E-state index in [1.54, 1.807) is 0 Å². The Kier molecular flexibility index (Phi) is 5.93. The van der Waals surface area contributed by atoms with Crippen LogP contribution in [0.4, 0.5) is 0 Å². The van der Waals surface area contributed by atoms with E-state index in [9.17, 15) is 0 Å². The topological polar surface area (TPSA) is 23.8 Å². The summed E-state index contributed by atoms with van der Waals surface area (Å²) >= 11 is 0. The second-order valence-corrected chi connectivity index (χ2v) is 2.96. The maximum Gasteiger partial charge on any atom is 0.0655 e. The fourth-order valence-corrected chi connectivity index (χ4v) is 1.56. The Labute approximate surface area is 70.4 Å². The lowest BCUT2D eigenvalue weighted by atomic mass is 9.94. The smallest absolute Gasteiger partial charge is 0.0655 e. The van der Waals surface area contributed by atoms with E-state index in [1.165, 1.54) is 25.7 Å². The third-order valence-corrected chi connectivity index (χ3v) is 2.31. The van der Waals surface area contributed by atoms with Gasteiger partial charge in [0.25, 0.3) is 0 Å². The summed E-state index contributed by atoms with van der Waals surface area (Å²) < 4.78 is 0. The lowest BCUT2D eigenvalue weighted by Crippen LogP contribution is -2.03. The second-order valence-electron chi connectivity index (χ2n) is 2.96. The molecule has 0 bridgehead atoms. The maximum atomic E-state index is 8.55. The fourth-order valence-electron chi connectivity index (χ4n) is 1.56. The average molecular weight is 153 g/mol. The molecule has 1 heteroatoms. The third kappa shape index (κ3) is 3.41. The molecular weight excluding hydrogens is 134 g/mol. The minimum absolute atomic E-state index is 0.299. The second kappa shape index (κ2) is 6.22. The van der Waals surface area contributed by atoms with Crippen LogP contribution in [-0.4, -0.2) is 0 Å². The van der Waals surface area contributed by atoms with E-state index in [2.05, 4.69) is 6.07 Å². The first-order valence-electron chi connectivity index (χ1n) is 4.74. The van der Waals surface area contributed by atoms with Gasteiger partial charge in [-0.3, -0.25) is 0 Å². The molecule has 1 unspecified atom stereocenters. The summed E-state index contributed by atoms with van der Waals surface area (Å²) in [5.74, 6) is 1.02. The molecular formula is C10H19N. The van der Waals surface area contributed by atoms with E-state index in [0.717, 1.165) is 5.92 Å². The van der Waals surface area contributed by atoms with E-state index >= 15 is 0 Å². The van der Waals surface area contributed by atoms with E-state index in [0.29, 0.717) is 5.92 Å². The van der Waals surface area contributed by atoms with E-state index in [-0.39, 0.29) is 0 Å². The SMILES string of the molecule is CC.CC(C#N)C1CCCC1. The first-order chi connectivity index (χ1) is 5.34. The quantitative estimate of drug-likeness (QED) is 0.566. The lowest BCUT2D eigenvalue weighted by molar-refractivity contribution is 0.443. The summed E-state index contributed by atoms with van der Waals surface area (Å²) in [7, 11) is 0. The van der Waals surface area contributed by atoms with Crippen molar-refractivity contribution in [1.29, 1.82) is 5.26 Å². The van der Waals surface area contributed by atoms with Crippen LogP contribution in [0.15, 0.2) is 0 Å². The highest BCUT2D eigenvalue weighted by atomic mass is 14.3. The third-order valence-electron chi connectivity index (χ3n) is 2.31. The molecule has 0 saturated heterocycles. The summed E-state index contributed by atoms with van der Waals surface area (Å²) in [5.41, 5.74) is 0. The van der Waals surface area contributed by atoms with Gasteiger partial charge in [0, 0.05) is 5.92 Å². The Bertz CT molecular complexity index is 117. The Morgan fingerprint density at radius 1 is 1.27 bits per heavy atom. The highest BCUT2D eigenvalue weighted by Gasteiger charge is 2.20. The van der Waals surface area contributed by atoms with Crippen LogP contribution in [0.3, 0.4) is 0 Å². The van der Waals surface area contributed by atoms with Crippen molar-refractivity contribution in [3.8, 4) is 6.07 Å². The van der Waals surface area contributed by atoms with Gasteiger partial charge < -0.3 is 0 Å². The molecule has 1 aliphatic carbocycles. The van der Waals surface area contributed by atoms with Gasteiger partial charge in [0.15, 0.2) is 0 Å². The summed E-state index contributed by atoms with van der Waals surface area (Å²) in [5, 5.41) is 8.55. The zero-order chi connectivity index (χ0) is 8.69. The number of hydrogen-bond donors (Lipinski definition) is 0. The molecule has 1 atom stereocenters. The molecule has 64 valence electrons. The van der Waals surface area contributed by atoms with Crippen molar-refractivity contribution >= 4 is 0 Å². The minimum atomic E-state index is 0.299. The number of rotatable bonds is 1. The van der Waals surface area contributed by atoms with Gasteiger partial charge >= 0.3 is 0 Å². The summed E-state index contributed by atoms with van der Waals surface area (Å²) in [6, 6.07) is 2.31. The van der Waals surface area contributed by atoms with Crippen LogP contribution in [0.5, 0.6) is 0 Å². The van der Waals surface area contributed by atoms with Gasteiger partial charge in [0.1, 0.15) is 0 Å². The van der Waals surface area contributed by atoms with Crippen molar-refractivity contribution in [2.75, 3.05) is 0 Å². The van der Waals surface area contributed by atoms with Gasteiger partial charge in [-0.1, -0.05) is 26.7 Å². The highest BCUT2D eigenvalue weighted by Crippen LogP contribution is 2.30. The Hall–Kier alpha value is -0.510. The Morgan fingerprint density at radius 3 is 2.09 bits per heavy atom. The van der Waals surface area contributed by atoms with E-state index < -0.39 is 0 Å². The molecule has 1 aliphatic rings. The van der Waals surface area contributed by atoms with Crippen LogP contribution in [0.25, 0.3) is 0 Å². The van der Waals surface area contributed by atoms with Gasteiger partial charge in [-0.05, 0) is 25.7 Å². The van der Waals surface area contributed by atoms with Crippen molar-refractivity contribution in [3.05, 3.63) is 0 Å². The summed E-state index contributed by atoms with van der Waals surface area (Å²) in [4.78, 5) is 0. The minimum Gasteiger partial charge on any atom is -0.198 e. The predicted molar refractivity (Wildman–Crippen MR) is 48.1 cm³/mol. The molecule has 11 heavy (non-hydrogen) atoms. The number of nitrogens with zero attached hydrogens (tertiary/aromatic N) is 1. The van der Waals surface area contributed by atoms with Crippen LogP contribution in [0.1, 0.15) is 46.5 Å². The molecule has 0 aromatic carbocycles. The fraction of sp³-hybridized carbons (Fsp3) is 0.900. The van der Waals surface area contributed by atoms with Crippen molar-refractivity contribution in [2.24, 2.45) is 11.8 Å². The summed E-state index contributed by atoms with van der Waals surface area (Å²) in [6.45, 7) is 6.04. The normalized spacial score (nSPS) is 19.8. The van der Waals surface area contributed by atoms with Gasteiger partial charge in [-0.25, -0.2) is 0 Å². The molecule has 0 aromatic heterocycles. The zero-order valence-corrected chi connectivity index (χ0v) is 7.93. The first kappa shape index (κ1) is 10.5. The zero-order valence-electron chi connectivity index (χ0n) is 7.93. The molecule has 0 N–H and O–H groups in total. The van der Waals surface area contributed by atoms with Crippen molar-refractivity contribution in [3.63, 3.8) is 0 Å². The van der Waals surface area contributed by atoms with Gasteiger partial charge in [0.2, 0.25) is 0 Å². The Morgan fingerprint density at radius 2 is 1.73 bits per heavy atom. The molecule has 0 spiro atoms. The van der Waals surface area contributed by atoms with Gasteiger partial charge in [-0.2, -0.15) is 5.26 Å². The van der Waals surface area contributed by atoms with Crippen LogP contribution < -0.4 is 0 Å². The van der Waals surface area contributed by atoms with Gasteiger partial charge in [0.05, 0.1) is 6.07 Å². The van der Waals surface area contributed by atoms with E-state index in [1.807, 2.05) is 20.8 Å². The number of nitriles is 1. The van der Waals surface area contributed by atoms with Crippen molar-refractivity contribution in [2.45, 2.75) is 46.5 Å². The molecule has 1 saturated carbocycles. The standard InChI is InChI=1S/C8H13N.C2H6/c1-7(6-9)8-4-2-3-5-8;1-2/h7-8H,2-5H2,1H3;1-2H3. The molecule has 1 nitrogen and oxygen atoms in total. The molecule has 0 aromatic rings. The Balaban J connectivity index is 0.000000461. The largest absolute Gasteiger partial charge is 0.198 e. The maximum absolute atomic E-state index is 8.55. The molecule has 1 fully saturated rings. The van der Waals surface area contributed by atoms with Crippen LogP contribution in [0, 0.1) is 23.2 Å². The molecule has 0 heterocycles. The molecule has 0 radical (unpaired) electrons. The van der Waals surface area contributed by atoms with Crippen LogP contribution in [0.2, 0.25) is 0 Å². The molecule has 0 amide bonds. The molecule has 1 rings (SSSR count). The van der Waals surface area contributed by atoms with Crippen LogP contribution >= 0.6 is 0 Å². The predicted octanol–water partition coefficient (Wildman–Crippen LogP) is 3.36. The van der Waals surface area contributed by atoms with Crippen LogP contribution in [-0.2, 0) is 0 Å². The van der Waals surface area contributed by atoms with E-state index in [4.69, 9.17) is 5.26 Å². The van der Waals surface area contributed by atoms with Crippen molar-refractivity contribution < 1.29 is 0 Å². The van der Waals surface area contributed by atoms with Gasteiger partial charge in [-0.15, -0.1) is 0 Å². The van der Waals surface area contributed by atoms with Crippen molar-refractivity contribution in [1.82, 2.24) is 0 Å². The monoisotopic (exact) mass is 153 g/mol. The lowest BCUT2D eigenvalue weighted by Gasteiger charge is -2.08. The number of hydrogen-bond acceptors (Lipinski definition) is 1. The first-order valence-corrected chi connectivity index (χ1v) is 4.74. The molecule has 0 aliphatic heterocycles.